The first kappa shape index (κ1) is 16.3. The molecule has 2 saturated carbocycles. The first-order chi connectivity index (χ1) is 9.71. The lowest BCUT2D eigenvalue weighted by molar-refractivity contribution is -0.133. The van der Waals surface area contributed by atoms with E-state index in [1.54, 1.807) is 0 Å². The van der Waals surface area contributed by atoms with Crippen LogP contribution in [0.3, 0.4) is 0 Å². The molecule has 4 nitrogen and oxygen atoms in total. The summed E-state index contributed by atoms with van der Waals surface area (Å²) in [5, 5.41) is 22.6. The number of nitrogens with zero attached hydrogens (tertiary/aromatic N) is 1. The topological polar surface area (TPSA) is 73.1 Å². The van der Waals surface area contributed by atoms with Crippen LogP contribution in [0.4, 0.5) is 0 Å². The van der Waals surface area contributed by atoms with Crippen molar-refractivity contribution in [2.75, 3.05) is 6.54 Å². The van der Waals surface area contributed by atoms with E-state index in [-0.39, 0.29) is 17.9 Å². The highest BCUT2D eigenvalue weighted by Crippen LogP contribution is 2.42. The van der Waals surface area contributed by atoms with Gasteiger partial charge in [-0.3, -0.25) is 4.79 Å². The number of rotatable bonds is 3. The van der Waals surface area contributed by atoms with Gasteiger partial charge >= 0.3 is 0 Å². The lowest BCUT2D eigenvalue weighted by Crippen LogP contribution is -2.51. The van der Waals surface area contributed by atoms with Crippen LogP contribution < -0.4 is 5.32 Å². The minimum atomic E-state index is -0.820. The number of carbonyl (C=O) groups excluding carboxylic acids is 1. The van der Waals surface area contributed by atoms with Crippen LogP contribution in [-0.4, -0.2) is 23.2 Å². The molecule has 0 bridgehead atoms. The van der Waals surface area contributed by atoms with Crippen molar-refractivity contribution in [1.82, 2.24) is 5.32 Å². The molecule has 0 atom stereocenters. The highest BCUT2D eigenvalue weighted by Gasteiger charge is 2.45. The summed E-state index contributed by atoms with van der Waals surface area (Å²) in [5.41, 5.74) is -1.34. The zero-order valence-electron chi connectivity index (χ0n) is 13.5. The van der Waals surface area contributed by atoms with Crippen molar-refractivity contribution in [2.24, 2.45) is 16.7 Å². The maximum Gasteiger partial charge on any atom is 0.240 e. The molecular weight excluding hydrogens is 264 g/mol. The lowest BCUT2D eigenvalue weighted by atomic mass is 9.67. The minimum absolute atomic E-state index is 0.192. The third-order valence-corrected chi connectivity index (χ3v) is 5.57. The van der Waals surface area contributed by atoms with E-state index in [1.165, 1.54) is 0 Å². The van der Waals surface area contributed by atoms with Crippen LogP contribution in [0.25, 0.3) is 0 Å². The predicted molar refractivity (Wildman–Crippen MR) is 81.3 cm³/mol. The van der Waals surface area contributed by atoms with Crippen LogP contribution in [0.1, 0.15) is 65.7 Å². The summed E-state index contributed by atoms with van der Waals surface area (Å²) in [4.78, 5) is 12.1. The SMILES string of the molecule is CC(C)(C)C1CCC(O)(CNC(=O)C2(C#N)CCC2)CC1. The highest BCUT2D eigenvalue weighted by molar-refractivity contribution is 5.86. The fraction of sp³-hybridized carbons (Fsp3) is 0.882. The van der Waals surface area contributed by atoms with E-state index in [0.717, 1.165) is 32.1 Å². The lowest BCUT2D eigenvalue weighted by Gasteiger charge is -2.42. The summed E-state index contributed by atoms with van der Waals surface area (Å²) in [6, 6.07) is 2.15. The summed E-state index contributed by atoms with van der Waals surface area (Å²) in [6.45, 7) is 7.03. The van der Waals surface area contributed by atoms with Crippen molar-refractivity contribution in [1.29, 1.82) is 5.26 Å². The standard InChI is InChI=1S/C17H28N2O2/c1-15(2,3)13-5-9-17(21,10-6-13)12-19-14(20)16(11-18)7-4-8-16/h13,21H,4-10,12H2,1-3H3,(H,19,20). The van der Waals surface area contributed by atoms with Crippen molar-refractivity contribution in [3.05, 3.63) is 0 Å². The Morgan fingerprint density at radius 1 is 1.29 bits per heavy atom. The molecule has 2 aliphatic rings. The molecule has 0 saturated heterocycles. The van der Waals surface area contributed by atoms with Gasteiger partial charge in [0.25, 0.3) is 0 Å². The van der Waals surface area contributed by atoms with Crippen molar-refractivity contribution >= 4 is 5.91 Å². The molecule has 0 heterocycles. The van der Waals surface area contributed by atoms with E-state index in [4.69, 9.17) is 5.26 Å². The van der Waals surface area contributed by atoms with Crippen molar-refractivity contribution in [2.45, 2.75) is 71.3 Å². The van der Waals surface area contributed by atoms with E-state index >= 15 is 0 Å². The van der Waals surface area contributed by atoms with Crippen molar-refractivity contribution in [3.63, 3.8) is 0 Å². The van der Waals surface area contributed by atoms with Crippen LogP contribution in [0.15, 0.2) is 0 Å². The molecule has 0 unspecified atom stereocenters. The Morgan fingerprint density at radius 3 is 2.24 bits per heavy atom. The van der Waals surface area contributed by atoms with Gasteiger partial charge in [0, 0.05) is 6.54 Å². The van der Waals surface area contributed by atoms with Gasteiger partial charge in [-0.05, 0) is 56.3 Å². The summed E-state index contributed by atoms with van der Waals surface area (Å²) < 4.78 is 0. The molecule has 118 valence electrons. The maximum atomic E-state index is 12.1. The molecule has 0 aromatic rings. The molecule has 0 aromatic heterocycles. The summed E-state index contributed by atoms with van der Waals surface area (Å²) >= 11 is 0. The fourth-order valence-electron chi connectivity index (χ4n) is 3.53. The maximum absolute atomic E-state index is 12.1. The van der Waals surface area contributed by atoms with E-state index in [1.807, 2.05) is 0 Å². The number of hydrogen-bond acceptors (Lipinski definition) is 3. The fourth-order valence-corrected chi connectivity index (χ4v) is 3.53. The largest absolute Gasteiger partial charge is 0.388 e. The van der Waals surface area contributed by atoms with Gasteiger partial charge in [-0.2, -0.15) is 5.26 Å². The number of hydrogen-bond donors (Lipinski definition) is 2. The predicted octanol–water partition coefficient (Wildman–Crippen LogP) is 2.76. The van der Waals surface area contributed by atoms with E-state index in [2.05, 4.69) is 32.2 Å². The molecule has 21 heavy (non-hydrogen) atoms. The molecule has 0 spiro atoms. The van der Waals surface area contributed by atoms with Gasteiger partial charge < -0.3 is 10.4 Å². The monoisotopic (exact) mass is 292 g/mol. The smallest absolute Gasteiger partial charge is 0.240 e. The second kappa shape index (κ2) is 5.61. The number of carbonyl (C=O) groups is 1. The van der Waals surface area contributed by atoms with Gasteiger partial charge in [0.2, 0.25) is 5.91 Å². The van der Waals surface area contributed by atoms with Gasteiger partial charge in [-0.15, -0.1) is 0 Å². The number of amides is 1. The normalized spacial score (nSPS) is 31.9. The second-order valence-corrected chi connectivity index (χ2v) is 8.09. The average molecular weight is 292 g/mol. The van der Waals surface area contributed by atoms with Crippen LogP contribution in [0, 0.1) is 28.1 Å². The van der Waals surface area contributed by atoms with Crippen LogP contribution >= 0.6 is 0 Å². The van der Waals surface area contributed by atoms with E-state index < -0.39 is 11.0 Å². The van der Waals surface area contributed by atoms with Gasteiger partial charge in [0.1, 0.15) is 5.41 Å². The zero-order valence-corrected chi connectivity index (χ0v) is 13.5. The summed E-state index contributed by atoms with van der Waals surface area (Å²) in [6.07, 6.45) is 5.71. The Labute approximate surface area is 127 Å². The first-order valence-electron chi connectivity index (χ1n) is 8.13. The molecular formula is C17H28N2O2. The Balaban J connectivity index is 1.84. The van der Waals surface area contributed by atoms with Crippen LogP contribution in [0.5, 0.6) is 0 Å². The molecule has 1 amide bonds. The molecule has 2 rings (SSSR count). The molecule has 0 aromatic carbocycles. The second-order valence-electron chi connectivity index (χ2n) is 8.09. The Bertz CT molecular complexity index is 433. The first-order valence-corrected chi connectivity index (χ1v) is 8.13. The third-order valence-electron chi connectivity index (χ3n) is 5.57. The Hall–Kier alpha value is -1.08. The number of nitrogens with one attached hydrogen (secondary N) is 1. The molecule has 0 aliphatic heterocycles. The van der Waals surface area contributed by atoms with Crippen molar-refractivity contribution in [3.8, 4) is 6.07 Å². The quantitative estimate of drug-likeness (QED) is 0.840. The number of nitriles is 1. The van der Waals surface area contributed by atoms with E-state index in [0.29, 0.717) is 18.8 Å². The molecule has 2 fully saturated rings. The minimum Gasteiger partial charge on any atom is -0.388 e. The molecule has 2 aliphatic carbocycles. The summed E-state index contributed by atoms with van der Waals surface area (Å²) in [5.74, 6) is 0.438. The number of aliphatic hydroxyl groups is 1. The molecule has 4 heteroatoms. The van der Waals surface area contributed by atoms with E-state index in [9.17, 15) is 9.90 Å². The summed E-state index contributed by atoms with van der Waals surface area (Å²) in [7, 11) is 0. The molecule has 2 N–H and O–H groups in total. The third kappa shape index (κ3) is 3.40. The zero-order chi connectivity index (χ0) is 15.7. The highest BCUT2D eigenvalue weighted by atomic mass is 16.3. The molecule has 0 radical (unpaired) electrons. The Morgan fingerprint density at radius 2 is 1.86 bits per heavy atom. The van der Waals surface area contributed by atoms with Crippen LogP contribution in [-0.2, 0) is 4.79 Å². The van der Waals surface area contributed by atoms with Crippen LogP contribution in [0.2, 0.25) is 0 Å². The van der Waals surface area contributed by atoms with Gasteiger partial charge in [-0.25, -0.2) is 0 Å². The van der Waals surface area contributed by atoms with Gasteiger partial charge in [-0.1, -0.05) is 20.8 Å². The van der Waals surface area contributed by atoms with Gasteiger partial charge in [0.05, 0.1) is 11.7 Å². The average Bonchev–Trinajstić information content (AvgIpc) is 2.35. The van der Waals surface area contributed by atoms with Crippen molar-refractivity contribution < 1.29 is 9.90 Å². The Kier molecular flexibility index (Phi) is 4.35. The van der Waals surface area contributed by atoms with Gasteiger partial charge in [0.15, 0.2) is 0 Å².